The second-order valence-corrected chi connectivity index (χ2v) is 8.66. The Morgan fingerprint density at radius 3 is 2.42 bits per heavy atom. The van der Waals surface area contributed by atoms with Gasteiger partial charge in [-0.05, 0) is 51.2 Å². The molecule has 2 aliphatic rings. The Labute approximate surface area is 187 Å². The lowest BCUT2D eigenvalue weighted by molar-refractivity contribution is -0.383. The number of nitrogens with zero attached hydrogens (tertiary/aromatic N) is 7. The Bertz CT molecular complexity index is 928. The van der Waals surface area contributed by atoms with Gasteiger partial charge in [0.05, 0.1) is 4.92 Å². The first-order valence-electron chi connectivity index (χ1n) is 10.6. The molecule has 4 rings (SSSR count). The molecule has 0 amide bonds. The molecule has 166 valence electrons. The standard InChI is InChI=1S/C21H28ClN7O2/c1-25-8-6-17(7-9-25)26(2)20-19(29(30)31)21(24-15-23-20)28-12-10-27(11-13-28)18-5-3-4-16(22)14-18/h3-5,14-15,17H,6-13H2,1-2H3. The molecule has 0 bridgehead atoms. The van der Waals surface area contributed by atoms with Crippen LogP contribution in [0.2, 0.25) is 5.02 Å². The summed E-state index contributed by atoms with van der Waals surface area (Å²) in [7, 11) is 4.01. The molecule has 0 radical (unpaired) electrons. The van der Waals surface area contributed by atoms with Gasteiger partial charge >= 0.3 is 5.69 Å². The van der Waals surface area contributed by atoms with Gasteiger partial charge < -0.3 is 19.6 Å². The van der Waals surface area contributed by atoms with Gasteiger partial charge in [0.25, 0.3) is 0 Å². The van der Waals surface area contributed by atoms with E-state index in [1.165, 1.54) is 6.33 Å². The highest BCUT2D eigenvalue weighted by atomic mass is 35.5. The number of aromatic nitrogens is 2. The van der Waals surface area contributed by atoms with E-state index in [1.54, 1.807) is 0 Å². The fourth-order valence-corrected chi connectivity index (χ4v) is 4.60. The van der Waals surface area contributed by atoms with Gasteiger partial charge in [-0.1, -0.05) is 17.7 Å². The first-order valence-corrected chi connectivity index (χ1v) is 11.0. The van der Waals surface area contributed by atoms with Crippen molar-refractivity contribution in [3.63, 3.8) is 0 Å². The van der Waals surface area contributed by atoms with Gasteiger partial charge in [-0.15, -0.1) is 0 Å². The van der Waals surface area contributed by atoms with E-state index < -0.39 is 0 Å². The predicted molar refractivity (Wildman–Crippen MR) is 123 cm³/mol. The summed E-state index contributed by atoms with van der Waals surface area (Å²) >= 11 is 6.13. The molecule has 31 heavy (non-hydrogen) atoms. The van der Waals surface area contributed by atoms with Crippen LogP contribution in [-0.2, 0) is 0 Å². The summed E-state index contributed by atoms with van der Waals surface area (Å²) in [5, 5.41) is 12.8. The maximum atomic E-state index is 12.1. The van der Waals surface area contributed by atoms with Crippen LogP contribution in [-0.4, -0.2) is 79.2 Å². The van der Waals surface area contributed by atoms with Gasteiger partial charge in [-0.25, -0.2) is 9.97 Å². The van der Waals surface area contributed by atoms with Crippen LogP contribution < -0.4 is 14.7 Å². The van der Waals surface area contributed by atoms with Crippen molar-refractivity contribution < 1.29 is 4.92 Å². The molecule has 0 N–H and O–H groups in total. The molecule has 2 fully saturated rings. The topological polar surface area (TPSA) is 81.9 Å². The second kappa shape index (κ2) is 9.23. The van der Waals surface area contributed by atoms with E-state index in [4.69, 9.17) is 11.6 Å². The van der Waals surface area contributed by atoms with Crippen molar-refractivity contribution in [1.82, 2.24) is 14.9 Å². The van der Waals surface area contributed by atoms with Crippen LogP contribution in [0.25, 0.3) is 0 Å². The fourth-order valence-electron chi connectivity index (χ4n) is 4.42. The van der Waals surface area contributed by atoms with E-state index in [2.05, 4.69) is 26.8 Å². The van der Waals surface area contributed by atoms with E-state index in [-0.39, 0.29) is 16.7 Å². The maximum absolute atomic E-state index is 12.1. The first-order chi connectivity index (χ1) is 14.9. The number of anilines is 3. The minimum atomic E-state index is -0.334. The van der Waals surface area contributed by atoms with E-state index >= 15 is 0 Å². The Balaban J connectivity index is 1.54. The molecule has 1 aromatic heterocycles. The summed E-state index contributed by atoms with van der Waals surface area (Å²) < 4.78 is 0. The van der Waals surface area contributed by atoms with Crippen LogP contribution in [0, 0.1) is 10.1 Å². The van der Waals surface area contributed by atoms with E-state index in [0.717, 1.165) is 44.7 Å². The molecule has 9 nitrogen and oxygen atoms in total. The molecular weight excluding hydrogens is 418 g/mol. The van der Waals surface area contributed by atoms with Crippen molar-refractivity contribution in [3.05, 3.63) is 45.7 Å². The molecule has 2 aromatic rings. The highest BCUT2D eigenvalue weighted by Gasteiger charge is 2.33. The predicted octanol–water partition coefficient (Wildman–Crippen LogP) is 2.90. The number of hydrogen-bond donors (Lipinski definition) is 0. The summed E-state index contributed by atoms with van der Waals surface area (Å²) in [5.74, 6) is 0.808. The molecule has 10 heteroatoms. The number of hydrogen-bond acceptors (Lipinski definition) is 8. The molecule has 3 heterocycles. The molecule has 0 unspecified atom stereocenters. The Hall–Kier alpha value is -2.65. The quantitative estimate of drug-likeness (QED) is 0.513. The maximum Gasteiger partial charge on any atom is 0.353 e. The molecule has 0 aliphatic carbocycles. The van der Waals surface area contributed by atoms with Gasteiger partial charge in [0, 0.05) is 50.0 Å². The highest BCUT2D eigenvalue weighted by Crippen LogP contribution is 2.36. The number of halogens is 1. The summed E-state index contributed by atoms with van der Waals surface area (Å²) in [6.07, 6.45) is 3.37. The molecule has 0 atom stereocenters. The number of likely N-dealkylation sites (tertiary alicyclic amines) is 1. The smallest absolute Gasteiger partial charge is 0.353 e. The van der Waals surface area contributed by atoms with Gasteiger partial charge in [-0.2, -0.15) is 0 Å². The lowest BCUT2D eigenvalue weighted by Gasteiger charge is -2.37. The summed E-state index contributed by atoms with van der Waals surface area (Å²) in [6, 6.07) is 8.00. The molecule has 0 spiro atoms. The molecule has 2 aliphatic heterocycles. The van der Waals surface area contributed by atoms with Gasteiger partial charge in [0.15, 0.2) is 0 Å². The largest absolute Gasteiger partial charge is 0.368 e. The minimum absolute atomic E-state index is 0.000124. The fraction of sp³-hybridized carbons (Fsp3) is 0.524. The molecule has 1 aromatic carbocycles. The second-order valence-electron chi connectivity index (χ2n) is 8.23. The summed E-state index contributed by atoms with van der Waals surface area (Å²) in [6.45, 7) is 4.71. The zero-order valence-electron chi connectivity index (χ0n) is 17.9. The Kier molecular flexibility index (Phi) is 6.43. The Morgan fingerprint density at radius 1 is 1.10 bits per heavy atom. The highest BCUT2D eigenvalue weighted by molar-refractivity contribution is 6.30. The van der Waals surface area contributed by atoms with Crippen molar-refractivity contribution >= 4 is 34.6 Å². The van der Waals surface area contributed by atoms with Crippen LogP contribution in [0.3, 0.4) is 0 Å². The summed E-state index contributed by atoms with van der Waals surface area (Å²) in [4.78, 5) is 28.9. The van der Waals surface area contributed by atoms with Gasteiger partial charge in [-0.3, -0.25) is 10.1 Å². The van der Waals surface area contributed by atoms with E-state index in [1.807, 2.05) is 41.1 Å². The lowest BCUT2D eigenvalue weighted by atomic mass is 10.0. The van der Waals surface area contributed by atoms with Crippen LogP contribution >= 0.6 is 11.6 Å². The van der Waals surface area contributed by atoms with Crippen molar-refractivity contribution in [2.45, 2.75) is 18.9 Å². The number of rotatable bonds is 5. The molecule has 2 saturated heterocycles. The SMILES string of the molecule is CN1CCC(N(C)c2ncnc(N3CCN(c4cccc(Cl)c4)CC3)c2[N+](=O)[O-])CC1. The van der Waals surface area contributed by atoms with Crippen LogP contribution in [0.4, 0.5) is 23.0 Å². The van der Waals surface area contributed by atoms with Crippen LogP contribution in [0.15, 0.2) is 30.6 Å². The lowest BCUT2D eigenvalue weighted by Crippen LogP contribution is -2.47. The van der Waals surface area contributed by atoms with Crippen LogP contribution in [0.1, 0.15) is 12.8 Å². The summed E-state index contributed by atoms with van der Waals surface area (Å²) in [5.41, 5.74) is 1.06. The van der Waals surface area contributed by atoms with Crippen molar-refractivity contribution in [1.29, 1.82) is 0 Å². The third-order valence-electron chi connectivity index (χ3n) is 6.29. The van der Waals surface area contributed by atoms with E-state index in [0.29, 0.717) is 29.7 Å². The van der Waals surface area contributed by atoms with Crippen LogP contribution in [0.5, 0.6) is 0 Å². The number of piperazine rings is 1. The third kappa shape index (κ3) is 4.67. The Morgan fingerprint density at radius 2 is 1.77 bits per heavy atom. The average molecular weight is 446 g/mol. The molecule has 0 saturated carbocycles. The zero-order chi connectivity index (χ0) is 22.0. The first kappa shape index (κ1) is 21.6. The molecular formula is C21H28ClN7O2. The van der Waals surface area contributed by atoms with Gasteiger partial charge in [0.2, 0.25) is 11.6 Å². The monoisotopic (exact) mass is 445 g/mol. The van der Waals surface area contributed by atoms with Crippen molar-refractivity contribution in [2.24, 2.45) is 0 Å². The third-order valence-corrected chi connectivity index (χ3v) is 6.52. The average Bonchev–Trinajstić information content (AvgIpc) is 2.78. The number of benzene rings is 1. The van der Waals surface area contributed by atoms with Gasteiger partial charge in [0.1, 0.15) is 6.33 Å². The number of nitro groups is 1. The van der Waals surface area contributed by atoms with Crippen molar-refractivity contribution in [3.8, 4) is 0 Å². The number of piperidine rings is 1. The zero-order valence-corrected chi connectivity index (χ0v) is 18.7. The van der Waals surface area contributed by atoms with Crippen molar-refractivity contribution in [2.75, 3.05) is 68.1 Å². The normalized spacial score (nSPS) is 18.3. The van der Waals surface area contributed by atoms with E-state index in [9.17, 15) is 10.1 Å². The minimum Gasteiger partial charge on any atom is -0.368 e.